The number of anilines is 1. The van der Waals surface area contributed by atoms with Gasteiger partial charge in [-0.2, -0.15) is 0 Å². The van der Waals surface area contributed by atoms with Gasteiger partial charge in [-0.3, -0.25) is 4.79 Å². The summed E-state index contributed by atoms with van der Waals surface area (Å²) < 4.78 is 24.1. The summed E-state index contributed by atoms with van der Waals surface area (Å²) in [6, 6.07) is 12.5. The zero-order valence-electron chi connectivity index (χ0n) is 19.9. The van der Waals surface area contributed by atoms with Crippen molar-refractivity contribution in [2.75, 3.05) is 12.4 Å². The molecule has 0 aromatic heterocycles. The van der Waals surface area contributed by atoms with Crippen LogP contribution >= 0.6 is 11.8 Å². The summed E-state index contributed by atoms with van der Waals surface area (Å²) in [4.78, 5) is 32.6. The van der Waals surface area contributed by atoms with Crippen LogP contribution in [0, 0.1) is 5.82 Å². The van der Waals surface area contributed by atoms with Crippen LogP contribution in [0.1, 0.15) is 38.8 Å². The summed E-state index contributed by atoms with van der Waals surface area (Å²) in [6.07, 6.45) is -0.254. The molecule has 2 aromatic rings. The fourth-order valence-electron chi connectivity index (χ4n) is 3.91. The number of hydrogen-bond acceptors (Lipinski definition) is 7. The predicted molar refractivity (Wildman–Crippen MR) is 134 cm³/mol. The monoisotopic (exact) mass is 495 g/mol. The molecule has 1 atom stereocenters. The van der Waals surface area contributed by atoms with Crippen molar-refractivity contribution in [3.8, 4) is 5.75 Å². The SMILES string of the molecule is COc1ccc(C2C(C(=O)OC(C)C)=C(C)N=C3SC=C(CC(=O)Nc4ccc(F)cc4)N32)cc1. The molecule has 35 heavy (non-hydrogen) atoms. The number of thioether (sulfide) groups is 1. The number of rotatable bonds is 7. The number of nitrogens with one attached hydrogen (secondary N) is 1. The molecule has 1 unspecified atom stereocenters. The largest absolute Gasteiger partial charge is 0.497 e. The number of hydrogen-bond donors (Lipinski definition) is 1. The van der Waals surface area contributed by atoms with Crippen LogP contribution in [0.25, 0.3) is 0 Å². The quantitative estimate of drug-likeness (QED) is 0.519. The lowest BCUT2D eigenvalue weighted by atomic mass is 9.93. The van der Waals surface area contributed by atoms with Crippen molar-refractivity contribution >= 4 is 34.5 Å². The van der Waals surface area contributed by atoms with Crippen LogP contribution in [-0.2, 0) is 14.3 Å². The number of nitrogens with zero attached hydrogens (tertiary/aromatic N) is 2. The Hall–Kier alpha value is -3.59. The van der Waals surface area contributed by atoms with Crippen molar-refractivity contribution < 1.29 is 23.5 Å². The van der Waals surface area contributed by atoms with Crippen molar-refractivity contribution in [2.24, 2.45) is 4.99 Å². The van der Waals surface area contributed by atoms with E-state index in [1.54, 1.807) is 27.9 Å². The number of carbonyl (C=O) groups is 2. The Balaban J connectivity index is 1.66. The first-order valence-corrected chi connectivity index (χ1v) is 12.0. The van der Waals surface area contributed by atoms with Crippen LogP contribution < -0.4 is 10.1 Å². The number of aliphatic imine (C=N–C) groups is 1. The molecule has 0 saturated carbocycles. The van der Waals surface area contributed by atoms with Gasteiger partial charge in [0.15, 0.2) is 5.17 Å². The number of fused-ring (bicyclic) bond motifs is 1. The highest BCUT2D eigenvalue weighted by molar-refractivity contribution is 8.16. The van der Waals surface area contributed by atoms with Gasteiger partial charge >= 0.3 is 5.97 Å². The fraction of sp³-hybridized carbons (Fsp3) is 0.269. The summed E-state index contributed by atoms with van der Waals surface area (Å²) in [6.45, 7) is 5.38. The molecular weight excluding hydrogens is 469 g/mol. The van der Waals surface area contributed by atoms with Gasteiger partial charge in [-0.05, 0) is 68.1 Å². The second-order valence-electron chi connectivity index (χ2n) is 8.35. The molecule has 4 rings (SSSR count). The fourth-order valence-corrected chi connectivity index (χ4v) is 4.88. The Morgan fingerprint density at radius 3 is 2.46 bits per heavy atom. The normalized spacial score (nSPS) is 17.1. The molecule has 0 fully saturated rings. The van der Waals surface area contributed by atoms with E-state index in [0.717, 1.165) is 5.56 Å². The molecule has 0 spiro atoms. The predicted octanol–water partition coefficient (Wildman–Crippen LogP) is 5.39. The van der Waals surface area contributed by atoms with E-state index in [-0.39, 0.29) is 24.2 Å². The number of amides is 1. The number of halogens is 1. The molecule has 9 heteroatoms. The van der Waals surface area contributed by atoms with Gasteiger partial charge in [-0.15, -0.1) is 0 Å². The van der Waals surface area contributed by atoms with E-state index in [1.165, 1.54) is 36.0 Å². The summed E-state index contributed by atoms with van der Waals surface area (Å²) in [7, 11) is 1.59. The van der Waals surface area contributed by atoms with Gasteiger partial charge in [-0.1, -0.05) is 23.9 Å². The van der Waals surface area contributed by atoms with Gasteiger partial charge in [-0.25, -0.2) is 14.2 Å². The van der Waals surface area contributed by atoms with Gasteiger partial charge in [0, 0.05) is 11.4 Å². The van der Waals surface area contributed by atoms with Gasteiger partial charge < -0.3 is 19.7 Å². The van der Waals surface area contributed by atoms with Crippen LogP contribution in [0.2, 0.25) is 0 Å². The maximum absolute atomic E-state index is 13.2. The third-order valence-corrected chi connectivity index (χ3v) is 6.35. The summed E-state index contributed by atoms with van der Waals surface area (Å²) in [5.41, 5.74) is 3.01. The Bertz CT molecular complexity index is 1220. The lowest BCUT2D eigenvalue weighted by molar-refractivity contribution is -0.143. The Kier molecular flexibility index (Phi) is 7.25. The van der Waals surface area contributed by atoms with E-state index in [1.807, 2.05) is 34.6 Å². The molecule has 1 N–H and O–H groups in total. The van der Waals surface area contributed by atoms with Gasteiger partial charge in [0.05, 0.1) is 36.9 Å². The van der Waals surface area contributed by atoms with Gasteiger partial charge in [0.1, 0.15) is 11.6 Å². The topological polar surface area (TPSA) is 80.2 Å². The molecule has 0 saturated heterocycles. The first kappa shape index (κ1) is 24.5. The maximum atomic E-state index is 13.2. The maximum Gasteiger partial charge on any atom is 0.338 e. The molecule has 7 nitrogen and oxygen atoms in total. The molecule has 2 aliphatic rings. The van der Waals surface area contributed by atoms with Crippen molar-refractivity contribution in [1.29, 1.82) is 0 Å². The Labute approximate surface area is 207 Å². The Morgan fingerprint density at radius 2 is 1.83 bits per heavy atom. The molecule has 2 aromatic carbocycles. The molecular formula is C26H26FN3O4S. The highest BCUT2D eigenvalue weighted by atomic mass is 32.2. The first-order valence-electron chi connectivity index (χ1n) is 11.1. The molecule has 1 amide bonds. The second-order valence-corrected chi connectivity index (χ2v) is 9.19. The minimum Gasteiger partial charge on any atom is -0.497 e. The highest BCUT2D eigenvalue weighted by Gasteiger charge is 2.41. The summed E-state index contributed by atoms with van der Waals surface area (Å²) >= 11 is 1.40. The average molecular weight is 496 g/mol. The van der Waals surface area contributed by atoms with E-state index < -0.39 is 12.0 Å². The smallest absolute Gasteiger partial charge is 0.338 e. The standard InChI is InChI=1S/C26H26FN3O4S/c1-15(2)34-25(32)23-16(3)28-26-30(24(23)17-5-11-21(33-4)12-6-17)20(14-35-26)13-22(31)29-19-9-7-18(27)8-10-19/h5-12,14-15,24H,13H2,1-4H3,(H,29,31). The minimum absolute atomic E-state index is 0.0433. The zero-order valence-corrected chi connectivity index (χ0v) is 20.7. The second kappa shape index (κ2) is 10.4. The number of benzene rings is 2. The minimum atomic E-state index is -0.528. The zero-order chi connectivity index (χ0) is 25.1. The van der Waals surface area contributed by atoms with E-state index >= 15 is 0 Å². The lowest BCUT2D eigenvalue weighted by Crippen LogP contribution is -2.37. The van der Waals surface area contributed by atoms with Crippen molar-refractivity contribution in [1.82, 2.24) is 4.90 Å². The van der Waals surface area contributed by atoms with E-state index in [9.17, 15) is 14.0 Å². The molecule has 0 aliphatic carbocycles. The third-order valence-electron chi connectivity index (χ3n) is 5.46. The number of methoxy groups -OCH3 is 1. The lowest BCUT2D eigenvalue weighted by Gasteiger charge is -2.36. The van der Waals surface area contributed by atoms with Crippen LogP contribution in [-0.4, -0.2) is 35.2 Å². The average Bonchev–Trinajstić information content (AvgIpc) is 3.21. The van der Waals surface area contributed by atoms with Crippen LogP contribution in [0.3, 0.4) is 0 Å². The number of carbonyl (C=O) groups excluding carboxylic acids is 2. The van der Waals surface area contributed by atoms with Gasteiger partial charge in [0.2, 0.25) is 5.91 Å². The molecule has 182 valence electrons. The van der Waals surface area contributed by atoms with Crippen molar-refractivity contribution in [2.45, 2.75) is 39.3 Å². The van der Waals surface area contributed by atoms with Gasteiger partial charge in [0.25, 0.3) is 0 Å². The molecule has 0 bridgehead atoms. The highest BCUT2D eigenvalue weighted by Crippen LogP contribution is 2.45. The van der Waals surface area contributed by atoms with Crippen LogP contribution in [0.15, 0.2) is 75.9 Å². The van der Waals surface area contributed by atoms with Crippen LogP contribution in [0.5, 0.6) is 5.75 Å². The van der Waals surface area contributed by atoms with Crippen molar-refractivity contribution in [3.63, 3.8) is 0 Å². The third kappa shape index (κ3) is 5.40. The number of esters is 1. The van der Waals surface area contributed by atoms with E-state index in [0.29, 0.717) is 33.6 Å². The molecule has 2 heterocycles. The molecule has 2 aliphatic heterocycles. The van der Waals surface area contributed by atoms with E-state index in [4.69, 9.17) is 9.47 Å². The van der Waals surface area contributed by atoms with Crippen molar-refractivity contribution in [3.05, 3.63) is 82.3 Å². The Morgan fingerprint density at radius 1 is 1.14 bits per heavy atom. The summed E-state index contributed by atoms with van der Waals surface area (Å²) in [5, 5.41) is 5.33. The summed E-state index contributed by atoms with van der Waals surface area (Å²) in [5.74, 6) is -0.406. The number of amidine groups is 1. The number of allylic oxidation sites excluding steroid dienone is 1. The van der Waals surface area contributed by atoms with E-state index in [2.05, 4.69) is 10.3 Å². The van der Waals surface area contributed by atoms with Crippen LogP contribution in [0.4, 0.5) is 10.1 Å². The molecule has 0 radical (unpaired) electrons. The number of ether oxygens (including phenoxy) is 2. The first-order chi connectivity index (χ1) is 16.8.